The molecular formula is C14H16FN3O4S2. The standard InChI is InChI=1S/C14H16FN3O4S2/c1-3-8-24(20,21)14-18-17-13(23-14)16-12(19)9(2)22-11-6-4-10(15)5-7-11/h4-7,9H,3,8H2,1-2H3,(H,16,17,19). The lowest BCUT2D eigenvalue weighted by Crippen LogP contribution is -2.30. The van der Waals surface area contributed by atoms with Crippen LogP contribution in [0.3, 0.4) is 0 Å². The van der Waals surface area contributed by atoms with Crippen LogP contribution in [0.1, 0.15) is 20.3 Å². The van der Waals surface area contributed by atoms with Crippen molar-refractivity contribution in [2.75, 3.05) is 11.1 Å². The molecule has 0 bridgehead atoms. The van der Waals surface area contributed by atoms with Gasteiger partial charge < -0.3 is 4.74 Å². The first-order valence-electron chi connectivity index (χ1n) is 7.11. The molecule has 1 amide bonds. The molecule has 1 N–H and O–H groups in total. The number of carbonyl (C=O) groups excluding carboxylic acids is 1. The zero-order valence-electron chi connectivity index (χ0n) is 13.0. The number of carbonyl (C=O) groups is 1. The van der Waals surface area contributed by atoms with E-state index in [9.17, 15) is 17.6 Å². The van der Waals surface area contributed by atoms with Crippen LogP contribution in [0.4, 0.5) is 9.52 Å². The molecule has 0 aliphatic heterocycles. The summed E-state index contributed by atoms with van der Waals surface area (Å²) in [7, 11) is -3.47. The Kier molecular flexibility index (Phi) is 5.84. The summed E-state index contributed by atoms with van der Waals surface area (Å²) in [6.07, 6.45) is -0.415. The molecule has 0 aliphatic carbocycles. The van der Waals surface area contributed by atoms with E-state index in [4.69, 9.17) is 4.74 Å². The molecule has 2 aromatic rings. The van der Waals surface area contributed by atoms with E-state index in [1.54, 1.807) is 6.92 Å². The largest absolute Gasteiger partial charge is 0.481 e. The summed E-state index contributed by atoms with van der Waals surface area (Å²) in [5, 5.41) is 9.78. The van der Waals surface area contributed by atoms with Crippen LogP contribution in [0.5, 0.6) is 5.75 Å². The van der Waals surface area contributed by atoms with Crippen molar-refractivity contribution in [1.29, 1.82) is 0 Å². The molecule has 7 nitrogen and oxygen atoms in total. The highest BCUT2D eigenvalue weighted by molar-refractivity contribution is 7.93. The van der Waals surface area contributed by atoms with E-state index in [0.717, 1.165) is 11.3 Å². The van der Waals surface area contributed by atoms with Crippen molar-refractivity contribution < 1.29 is 22.3 Å². The molecule has 1 heterocycles. The first-order chi connectivity index (χ1) is 11.3. The molecule has 1 unspecified atom stereocenters. The minimum absolute atomic E-state index is 0.0281. The van der Waals surface area contributed by atoms with Crippen LogP contribution in [0.25, 0.3) is 0 Å². The van der Waals surface area contributed by atoms with E-state index in [0.29, 0.717) is 12.2 Å². The van der Waals surface area contributed by atoms with Gasteiger partial charge in [-0.25, -0.2) is 12.8 Å². The van der Waals surface area contributed by atoms with Gasteiger partial charge in [-0.1, -0.05) is 18.3 Å². The highest BCUT2D eigenvalue weighted by atomic mass is 32.2. The number of benzene rings is 1. The van der Waals surface area contributed by atoms with Crippen LogP contribution in [0.2, 0.25) is 0 Å². The highest BCUT2D eigenvalue weighted by Crippen LogP contribution is 2.22. The summed E-state index contributed by atoms with van der Waals surface area (Å²) in [4.78, 5) is 12.0. The SMILES string of the molecule is CCCS(=O)(=O)c1nnc(NC(=O)C(C)Oc2ccc(F)cc2)s1. The summed E-state index contributed by atoms with van der Waals surface area (Å²) in [5.74, 6) is -0.619. The Hall–Kier alpha value is -2.07. The van der Waals surface area contributed by atoms with Gasteiger partial charge in [0, 0.05) is 0 Å². The molecule has 0 spiro atoms. The smallest absolute Gasteiger partial charge is 0.266 e. The maximum atomic E-state index is 12.8. The predicted octanol–water partition coefficient (Wildman–Crippen LogP) is 2.27. The summed E-state index contributed by atoms with van der Waals surface area (Å²) in [6.45, 7) is 3.25. The van der Waals surface area contributed by atoms with Crippen molar-refractivity contribution in [3.05, 3.63) is 30.1 Å². The number of amides is 1. The monoisotopic (exact) mass is 373 g/mol. The van der Waals surface area contributed by atoms with E-state index in [1.165, 1.54) is 31.2 Å². The van der Waals surface area contributed by atoms with E-state index in [2.05, 4.69) is 15.5 Å². The van der Waals surface area contributed by atoms with Crippen LogP contribution >= 0.6 is 11.3 Å². The molecule has 0 saturated heterocycles. The maximum absolute atomic E-state index is 12.8. The molecule has 24 heavy (non-hydrogen) atoms. The van der Waals surface area contributed by atoms with Crippen molar-refractivity contribution in [2.45, 2.75) is 30.7 Å². The van der Waals surface area contributed by atoms with E-state index in [-0.39, 0.29) is 15.2 Å². The third-order valence-electron chi connectivity index (χ3n) is 2.87. The van der Waals surface area contributed by atoms with E-state index in [1.807, 2.05) is 0 Å². The van der Waals surface area contributed by atoms with Gasteiger partial charge in [-0.05, 0) is 37.6 Å². The molecule has 1 aromatic carbocycles. The fourth-order valence-electron chi connectivity index (χ4n) is 1.72. The fourth-order valence-corrected chi connectivity index (χ4v) is 4.07. The zero-order valence-corrected chi connectivity index (χ0v) is 14.7. The van der Waals surface area contributed by atoms with Gasteiger partial charge >= 0.3 is 0 Å². The Balaban J connectivity index is 1.99. The molecule has 0 fully saturated rings. The molecule has 10 heteroatoms. The maximum Gasteiger partial charge on any atom is 0.266 e. The number of hydrogen-bond acceptors (Lipinski definition) is 7. The molecule has 2 rings (SSSR count). The van der Waals surface area contributed by atoms with Crippen LogP contribution < -0.4 is 10.1 Å². The molecule has 0 radical (unpaired) electrons. The second-order valence-corrected chi connectivity index (χ2v) is 8.16. The molecule has 1 aromatic heterocycles. The van der Waals surface area contributed by atoms with Gasteiger partial charge in [0.1, 0.15) is 11.6 Å². The average molecular weight is 373 g/mol. The molecule has 0 saturated carbocycles. The topological polar surface area (TPSA) is 98.3 Å². The second kappa shape index (κ2) is 7.67. The van der Waals surface area contributed by atoms with Crippen molar-refractivity contribution in [3.63, 3.8) is 0 Å². The predicted molar refractivity (Wildman–Crippen MR) is 87.4 cm³/mol. The highest BCUT2D eigenvalue weighted by Gasteiger charge is 2.22. The summed E-state index contributed by atoms with van der Waals surface area (Å²) in [5.41, 5.74) is 0. The number of halogens is 1. The van der Waals surface area contributed by atoms with Crippen molar-refractivity contribution in [2.24, 2.45) is 0 Å². The number of nitrogens with zero attached hydrogens (tertiary/aromatic N) is 2. The van der Waals surface area contributed by atoms with Crippen LogP contribution in [0.15, 0.2) is 28.6 Å². The molecule has 130 valence electrons. The lowest BCUT2D eigenvalue weighted by atomic mass is 10.3. The van der Waals surface area contributed by atoms with Gasteiger partial charge in [0.15, 0.2) is 6.10 Å². The van der Waals surface area contributed by atoms with Crippen molar-refractivity contribution in [3.8, 4) is 5.75 Å². The quantitative estimate of drug-likeness (QED) is 0.748. The Morgan fingerprint density at radius 2 is 2.00 bits per heavy atom. The normalized spacial score (nSPS) is 12.6. The molecule has 0 aliphatic rings. The summed E-state index contributed by atoms with van der Waals surface area (Å²) >= 11 is 0.786. The van der Waals surface area contributed by atoms with Crippen LogP contribution in [0, 0.1) is 5.82 Å². The Labute approximate surface area is 142 Å². The Morgan fingerprint density at radius 3 is 2.62 bits per heavy atom. The lowest BCUT2D eigenvalue weighted by molar-refractivity contribution is -0.122. The van der Waals surface area contributed by atoms with Gasteiger partial charge in [-0.15, -0.1) is 10.2 Å². The third-order valence-corrected chi connectivity index (χ3v) is 6.08. The van der Waals surface area contributed by atoms with Gasteiger partial charge in [0.25, 0.3) is 5.91 Å². The molecule has 1 atom stereocenters. The van der Waals surface area contributed by atoms with Gasteiger partial charge in [-0.2, -0.15) is 0 Å². The summed E-state index contributed by atoms with van der Waals surface area (Å²) < 4.78 is 41.8. The first-order valence-corrected chi connectivity index (χ1v) is 9.58. The molecular weight excluding hydrogens is 357 g/mol. The fraction of sp³-hybridized carbons (Fsp3) is 0.357. The third kappa shape index (κ3) is 4.71. The van der Waals surface area contributed by atoms with Crippen molar-refractivity contribution >= 4 is 32.2 Å². The minimum Gasteiger partial charge on any atom is -0.481 e. The zero-order chi connectivity index (χ0) is 17.7. The van der Waals surface area contributed by atoms with Gasteiger partial charge in [0.2, 0.25) is 19.3 Å². The van der Waals surface area contributed by atoms with E-state index < -0.39 is 27.7 Å². The first kappa shape index (κ1) is 18.3. The number of nitrogens with one attached hydrogen (secondary N) is 1. The summed E-state index contributed by atoms with van der Waals surface area (Å²) in [6, 6.07) is 5.24. The number of anilines is 1. The van der Waals surface area contributed by atoms with Gasteiger partial charge in [-0.3, -0.25) is 10.1 Å². The number of hydrogen-bond donors (Lipinski definition) is 1. The number of rotatable bonds is 7. The van der Waals surface area contributed by atoms with Crippen LogP contribution in [-0.2, 0) is 14.6 Å². The minimum atomic E-state index is -3.47. The second-order valence-electron chi connectivity index (χ2n) is 4.90. The number of aromatic nitrogens is 2. The number of sulfone groups is 1. The lowest BCUT2D eigenvalue weighted by Gasteiger charge is -2.13. The average Bonchev–Trinajstić information content (AvgIpc) is 2.99. The van der Waals surface area contributed by atoms with Crippen molar-refractivity contribution in [1.82, 2.24) is 10.2 Å². The van der Waals surface area contributed by atoms with Gasteiger partial charge in [0.05, 0.1) is 5.75 Å². The Bertz CT molecular complexity index is 806. The van der Waals surface area contributed by atoms with E-state index >= 15 is 0 Å². The Morgan fingerprint density at radius 1 is 1.33 bits per heavy atom. The number of ether oxygens (including phenoxy) is 1. The van der Waals surface area contributed by atoms with Crippen LogP contribution in [-0.4, -0.2) is 36.4 Å².